The fraction of sp³-hybridized carbons (Fsp3) is 0.312. The lowest BCUT2D eigenvalue weighted by atomic mass is 10.2. The molecule has 0 spiro atoms. The summed E-state index contributed by atoms with van der Waals surface area (Å²) >= 11 is 0. The fourth-order valence-corrected chi connectivity index (χ4v) is 2.41. The molecule has 0 radical (unpaired) electrons. The quantitative estimate of drug-likeness (QED) is 0.870. The molecular weight excluding hydrogens is 296 g/mol. The minimum atomic E-state index is -0.425. The van der Waals surface area contributed by atoms with Gasteiger partial charge in [-0.05, 0) is 31.2 Å². The highest BCUT2D eigenvalue weighted by molar-refractivity contribution is 5.94. The number of nitrogens with zero attached hydrogens (tertiary/aromatic N) is 3. The number of nitrogens with one attached hydrogen (secondary N) is 1. The maximum Gasteiger partial charge on any atom is 0.345 e. The molecule has 7 nitrogen and oxygen atoms in total. The van der Waals surface area contributed by atoms with Crippen LogP contribution >= 0.6 is 0 Å². The Morgan fingerprint density at radius 1 is 1.39 bits per heavy atom. The van der Waals surface area contributed by atoms with Crippen molar-refractivity contribution in [2.75, 3.05) is 25.6 Å². The van der Waals surface area contributed by atoms with Gasteiger partial charge >= 0.3 is 5.97 Å². The van der Waals surface area contributed by atoms with Crippen LogP contribution < -0.4 is 15.5 Å². The van der Waals surface area contributed by atoms with Gasteiger partial charge in [0, 0.05) is 13.1 Å². The number of hydrogen-bond donors (Lipinski definition) is 1. The highest BCUT2D eigenvalue weighted by Crippen LogP contribution is 2.19. The van der Waals surface area contributed by atoms with Crippen LogP contribution in [-0.2, 0) is 11.3 Å². The largest absolute Gasteiger partial charge is 0.497 e. The van der Waals surface area contributed by atoms with Gasteiger partial charge in [-0.2, -0.15) is 0 Å². The van der Waals surface area contributed by atoms with Crippen LogP contribution in [0, 0.1) is 0 Å². The molecule has 120 valence electrons. The molecule has 2 heterocycles. The van der Waals surface area contributed by atoms with E-state index in [1.54, 1.807) is 20.4 Å². The number of aromatic nitrogens is 2. The monoisotopic (exact) mass is 314 g/mol. The topological polar surface area (TPSA) is 77.7 Å². The summed E-state index contributed by atoms with van der Waals surface area (Å²) in [5.74, 6) is 1.02. The standard InChI is InChI=1S/C16H18N4O3/c1-3-23-16(21)13-14(18-10-20-9-8-17-15(13)20)19-11-4-6-12(22-2)7-5-11/h4-7,10,17H,3,8-9H2,1-2H3. The Kier molecular flexibility index (Phi) is 4.27. The van der Waals surface area contributed by atoms with E-state index in [9.17, 15) is 4.79 Å². The van der Waals surface area contributed by atoms with Crippen LogP contribution in [0.2, 0.25) is 0 Å². The minimum Gasteiger partial charge on any atom is -0.497 e. The van der Waals surface area contributed by atoms with Crippen molar-refractivity contribution >= 4 is 17.5 Å². The number of ether oxygens (including phenoxy) is 2. The van der Waals surface area contributed by atoms with Crippen LogP contribution in [0.4, 0.5) is 11.5 Å². The number of carbonyl (C=O) groups is 1. The second-order valence-electron chi connectivity index (χ2n) is 4.94. The summed E-state index contributed by atoms with van der Waals surface area (Å²) in [5, 5.41) is 3.19. The van der Waals surface area contributed by atoms with E-state index in [1.807, 2.05) is 28.8 Å². The summed E-state index contributed by atoms with van der Waals surface area (Å²) in [6, 6.07) is 7.24. The van der Waals surface area contributed by atoms with E-state index in [2.05, 4.69) is 15.3 Å². The van der Waals surface area contributed by atoms with Crippen molar-refractivity contribution < 1.29 is 14.3 Å². The zero-order valence-corrected chi connectivity index (χ0v) is 13.1. The molecule has 1 aromatic carbocycles. The molecule has 0 amide bonds. The lowest BCUT2D eigenvalue weighted by molar-refractivity contribution is 0.0524. The summed E-state index contributed by atoms with van der Waals surface area (Å²) in [6.45, 7) is 3.59. The SMILES string of the molecule is CCOC(=O)c1c2n(cnc1=Nc1ccc(OC)cc1)CCN2. The van der Waals surface area contributed by atoms with Crippen molar-refractivity contribution in [1.29, 1.82) is 0 Å². The number of methoxy groups -OCH3 is 1. The van der Waals surface area contributed by atoms with Crippen molar-refractivity contribution in [2.24, 2.45) is 4.99 Å². The normalized spacial score (nSPS) is 13.4. The second kappa shape index (κ2) is 6.51. The summed E-state index contributed by atoms with van der Waals surface area (Å²) in [6.07, 6.45) is 1.68. The van der Waals surface area contributed by atoms with E-state index in [0.717, 1.165) is 18.8 Å². The second-order valence-corrected chi connectivity index (χ2v) is 4.94. The number of carbonyl (C=O) groups excluding carboxylic acids is 1. The third-order valence-corrected chi connectivity index (χ3v) is 3.50. The van der Waals surface area contributed by atoms with Gasteiger partial charge in [0.2, 0.25) is 0 Å². The molecule has 0 saturated heterocycles. The van der Waals surface area contributed by atoms with Gasteiger partial charge in [-0.25, -0.2) is 14.8 Å². The maximum atomic E-state index is 12.3. The zero-order chi connectivity index (χ0) is 16.2. The van der Waals surface area contributed by atoms with Crippen LogP contribution in [0.3, 0.4) is 0 Å². The zero-order valence-electron chi connectivity index (χ0n) is 13.1. The third-order valence-electron chi connectivity index (χ3n) is 3.50. The van der Waals surface area contributed by atoms with Gasteiger partial charge in [0.25, 0.3) is 0 Å². The average molecular weight is 314 g/mol. The Morgan fingerprint density at radius 3 is 2.87 bits per heavy atom. The van der Waals surface area contributed by atoms with Crippen LogP contribution in [0.15, 0.2) is 35.6 Å². The molecule has 1 aliphatic rings. The van der Waals surface area contributed by atoms with Gasteiger partial charge in [0.1, 0.15) is 17.1 Å². The van der Waals surface area contributed by atoms with Crippen molar-refractivity contribution in [3.8, 4) is 5.75 Å². The number of hydrogen-bond acceptors (Lipinski definition) is 6. The molecule has 0 aliphatic carbocycles. The summed E-state index contributed by atoms with van der Waals surface area (Å²) < 4.78 is 12.2. The smallest absolute Gasteiger partial charge is 0.345 e. The molecule has 0 atom stereocenters. The van der Waals surface area contributed by atoms with Gasteiger partial charge in [-0.3, -0.25) is 0 Å². The molecule has 0 fully saturated rings. The first-order valence-electron chi connectivity index (χ1n) is 7.42. The molecule has 0 unspecified atom stereocenters. The number of anilines is 1. The lowest BCUT2D eigenvalue weighted by Crippen LogP contribution is -2.24. The fourth-order valence-electron chi connectivity index (χ4n) is 2.41. The van der Waals surface area contributed by atoms with E-state index < -0.39 is 5.97 Å². The Balaban J connectivity index is 2.10. The first-order valence-corrected chi connectivity index (χ1v) is 7.42. The molecule has 1 aromatic heterocycles. The van der Waals surface area contributed by atoms with Crippen molar-refractivity contribution in [3.63, 3.8) is 0 Å². The van der Waals surface area contributed by atoms with Gasteiger partial charge in [0.05, 0.1) is 25.7 Å². The molecule has 3 rings (SSSR count). The molecule has 7 heteroatoms. The summed E-state index contributed by atoms with van der Waals surface area (Å²) in [7, 11) is 1.61. The highest BCUT2D eigenvalue weighted by atomic mass is 16.5. The Labute approximate surface area is 133 Å². The van der Waals surface area contributed by atoms with E-state index in [4.69, 9.17) is 9.47 Å². The summed E-state index contributed by atoms with van der Waals surface area (Å²) in [5.41, 5.74) is 1.39. The Morgan fingerprint density at radius 2 is 2.17 bits per heavy atom. The average Bonchev–Trinajstić information content (AvgIpc) is 3.04. The molecule has 23 heavy (non-hydrogen) atoms. The van der Waals surface area contributed by atoms with E-state index in [0.29, 0.717) is 29.2 Å². The van der Waals surface area contributed by atoms with E-state index >= 15 is 0 Å². The van der Waals surface area contributed by atoms with Crippen LogP contribution in [-0.4, -0.2) is 35.8 Å². The number of fused-ring (bicyclic) bond motifs is 1. The molecule has 0 bridgehead atoms. The van der Waals surface area contributed by atoms with Crippen molar-refractivity contribution in [1.82, 2.24) is 9.55 Å². The molecule has 1 aliphatic heterocycles. The third kappa shape index (κ3) is 3.03. The molecular formula is C16H18N4O3. The first-order chi connectivity index (χ1) is 11.2. The molecule has 0 saturated carbocycles. The Hall–Kier alpha value is -2.83. The molecule has 1 N–H and O–H groups in total. The summed E-state index contributed by atoms with van der Waals surface area (Å²) in [4.78, 5) is 21.1. The molecule has 2 aromatic rings. The number of esters is 1. The lowest BCUT2D eigenvalue weighted by Gasteiger charge is -2.09. The van der Waals surface area contributed by atoms with Gasteiger partial charge in [0.15, 0.2) is 5.49 Å². The van der Waals surface area contributed by atoms with Gasteiger partial charge in [-0.1, -0.05) is 0 Å². The highest BCUT2D eigenvalue weighted by Gasteiger charge is 2.22. The van der Waals surface area contributed by atoms with Crippen LogP contribution in [0.1, 0.15) is 17.3 Å². The number of benzene rings is 1. The van der Waals surface area contributed by atoms with E-state index in [-0.39, 0.29) is 0 Å². The number of rotatable bonds is 4. The van der Waals surface area contributed by atoms with Crippen molar-refractivity contribution in [3.05, 3.63) is 41.6 Å². The van der Waals surface area contributed by atoms with Crippen molar-refractivity contribution in [2.45, 2.75) is 13.5 Å². The van der Waals surface area contributed by atoms with Crippen LogP contribution in [0.5, 0.6) is 5.75 Å². The van der Waals surface area contributed by atoms with E-state index in [1.165, 1.54) is 0 Å². The van der Waals surface area contributed by atoms with Gasteiger partial charge in [-0.15, -0.1) is 0 Å². The maximum absolute atomic E-state index is 12.3. The predicted molar refractivity (Wildman–Crippen MR) is 84.9 cm³/mol. The predicted octanol–water partition coefficient (Wildman–Crippen LogP) is 1.73. The van der Waals surface area contributed by atoms with Crippen LogP contribution in [0.25, 0.3) is 0 Å². The first kappa shape index (κ1) is 15.1. The minimum absolute atomic E-state index is 0.301. The van der Waals surface area contributed by atoms with Gasteiger partial charge < -0.3 is 19.4 Å². The Bertz CT molecular complexity index is 781.